The Morgan fingerprint density at radius 1 is 1.08 bits per heavy atom. The topological polar surface area (TPSA) is 45.0 Å². The molecule has 3 N–H and O–H groups in total. The number of rotatable bonds is 6. The van der Waals surface area contributed by atoms with Gasteiger partial charge in [0.1, 0.15) is 0 Å². The average molecular weight is 433 g/mol. The lowest BCUT2D eigenvalue weighted by Crippen LogP contribution is -2.08. The molecule has 0 aliphatic carbocycles. The van der Waals surface area contributed by atoms with Crippen molar-refractivity contribution in [2.24, 2.45) is 5.73 Å². The maximum Gasteiger partial charge on any atom is 0.0498 e. The van der Waals surface area contributed by atoms with Gasteiger partial charge in [-0.15, -0.1) is 0 Å². The maximum absolute atomic E-state index is 5.69. The van der Waals surface area contributed by atoms with E-state index in [9.17, 15) is 0 Å². The smallest absolute Gasteiger partial charge is 0.0498 e. The van der Waals surface area contributed by atoms with E-state index >= 15 is 0 Å². The standard InChI is InChI=1S/C20H24IN3/c1-24(2)16-7-5-6-14(12-16)20-17(8-3-4-11-22)18-13-15(21)9-10-19(18)23-20/h5-7,9-10,12-13,23H,3-4,8,11,22H2,1-2H3. The van der Waals surface area contributed by atoms with E-state index in [0.29, 0.717) is 0 Å². The predicted molar refractivity (Wildman–Crippen MR) is 113 cm³/mol. The molecule has 0 saturated carbocycles. The molecule has 1 heterocycles. The first-order valence-corrected chi connectivity index (χ1v) is 9.46. The van der Waals surface area contributed by atoms with Gasteiger partial charge in [0.05, 0.1) is 0 Å². The van der Waals surface area contributed by atoms with Crippen LogP contribution in [0.5, 0.6) is 0 Å². The summed E-state index contributed by atoms with van der Waals surface area (Å²) in [4.78, 5) is 5.79. The van der Waals surface area contributed by atoms with Crippen LogP contribution in [0.1, 0.15) is 18.4 Å². The second-order valence-corrected chi connectivity index (χ2v) is 7.60. The van der Waals surface area contributed by atoms with Crippen molar-refractivity contribution in [2.75, 3.05) is 25.5 Å². The SMILES string of the molecule is CN(C)c1cccc(-c2[nH]c3ccc(I)cc3c2CCCCN)c1. The number of fused-ring (bicyclic) bond motifs is 1. The maximum atomic E-state index is 5.69. The number of hydrogen-bond donors (Lipinski definition) is 2. The number of halogens is 1. The molecular formula is C20H24IN3. The van der Waals surface area contributed by atoms with Gasteiger partial charge < -0.3 is 15.6 Å². The molecule has 3 rings (SSSR count). The number of H-pyrrole nitrogens is 1. The van der Waals surface area contributed by atoms with E-state index in [1.807, 2.05) is 0 Å². The van der Waals surface area contributed by atoms with Crippen molar-refractivity contribution < 1.29 is 0 Å². The molecule has 0 aliphatic heterocycles. The van der Waals surface area contributed by atoms with Crippen LogP contribution >= 0.6 is 22.6 Å². The molecule has 1 aromatic heterocycles. The van der Waals surface area contributed by atoms with Gasteiger partial charge in [-0.05, 0) is 84.3 Å². The van der Waals surface area contributed by atoms with Crippen molar-refractivity contribution in [3.05, 3.63) is 51.6 Å². The van der Waals surface area contributed by atoms with E-state index in [2.05, 4.69) is 89.0 Å². The van der Waals surface area contributed by atoms with Crippen LogP contribution in [0.15, 0.2) is 42.5 Å². The number of nitrogens with zero attached hydrogens (tertiary/aromatic N) is 1. The van der Waals surface area contributed by atoms with E-state index < -0.39 is 0 Å². The highest BCUT2D eigenvalue weighted by molar-refractivity contribution is 14.1. The van der Waals surface area contributed by atoms with Gasteiger partial charge in [-0.25, -0.2) is 0 Å². The highest BCUT2D eigenvalue weighted by Crippen LogP contribution is 2.33. The lowest BCUT2D eigenvalue weighted by atomic mass is 10.00. The third-order valence-corrected chi connectivity index (χ3v) is 5.07. The van der Waals surface area contributed by atoms with E-state index in [1.54, 1.807) is 0 Å². The van der Waals surface area contributed by atoms with Gasteiger partial charge in [0.15, 0.2) is 0 Å². The van der Waals surface area contributed by atoms with Gasteiger partial charge in [-0.3, -0.25) is 0 Å². The van der Waals surface area contributed by atoms with E-state index in [4.69, 9.17) is 5.73 Å². The van der Waals surface area contributed by atoms with Crippen LogP contribution in [0.25, 0.3) is 22.2 Å². The van der Waals surface area contributed by atoms with Crippen molar-refractivity contribution in [1.82, 2.24) is 4.98 Å². The van der Waals surface area contributed by atoms with Crippen LogP contribution in [0.3, 0.4) is 0 Å². The van der Waals surface area contributed by atoms with Crippen LogP contribution in [-0.4, -0.2) is 25.6 Å². The number of anilines is 1. The minimum Gasteiger partial charge on any atom is -0.378 e. The third kappa shape index (κ3) is 3.59. The highest BCUT2D eigenvalue weighted by atomic mass is 127. The fraction of sp³-hybridized carbons (Fsp3) is 0.300. The van der Waals surface area contributed by atoms with Crippen LogP contribution in [0.2, 0.25) is 0 Å². The monoisotopic (exact) mass is 433 g/mol. The Kier molecular flexibility index (Phi) is 5.46. The molecule has 0 fully saturated rings. The molecule has 0 bridgehead atoms. The average Bonchev–Trinajstić information content (AvgIpc) is 2.93. The second-order valence-electron chi connectivity index (χ2n) is 6.36. The van der Waals surface area contributed by atoms with Gasteiger partial charge in [-0.1, -0.05) is 12.1 Å². The first kappa shape index (κ1) is 17.3. The fourth-order valence-electron chi connectivity index (χ4n) is 3.11. The number of hydrogen-bond acceptors (Lipinski definition) is 2. The number of aryl methyl sites for hydroxylation is 1. The lowest BCUT2D eigenvalue weighted by Gasteiger charge is -2.14. The molecule has 4 heteroatoms. The summed E-state index contributed by atoms with van der Waals surface area (Å²) >= 11 is 2.39. The summed E-state index contributed by atoms with van der Waals surface area (Å²) in [5, 5.41) is 1.34. The Balaban J connectivity index is 2.12. The Morgan fingerprint density at radius 3 is 2.67 bits per heavy atom. The number of unbranched alkanes of at least 4 members (excludes halogenated alkanes) is 1. The van der Waals surface area contributed by atoms with Gasteiger partial charge in [0.2, 0.25) is 0 Å². The Labute approximate surface area is 157 Å². The quantitative estimate of drug-likeness (QED) is 0.434. The fourth-order valence-corrected chi connectivity index (χ4v) is 3.60. The number of benzene rings is 2. The molecule has 0 radical (unpaired) electrons. The van der Waals surface area contributed by atoms with Crippen LogP contribution in [-0.2, 0) is 6.42 Å². The summed E-state index contributed by atoms with van der Waals surface area (Å²) < 4.78 is 1.27. The van der Waals surface area contributed by atoms with Gasteiger partial charge in [0, 0.05) is 45.5 Å². The van der Waals surface area contributed by atoms with E-state index in [-0.39, 0.29) is 0 Å². The van der Waals surface area contributed by atoms with Crippen molar-refractivity contribution in [1.29, 1.82) is 0 Å². The molecule has 0 atom stereocenters. The van der Waals surface area contributed by atoms with Gasteiger partial charge >= 0.3 is 0 Å². The largest absolute Gasteiger partial charge is 0.378 e. The van der Waals surface area contributed by atoms with E-state index in [0.717, 1.165) is 25.8 Å². The van der Waals surface area contributed by atoms with Gasteiger partial charge in [0.25, 0.3) is 0 Å². The number of aromatic amines is 1. The van der Waals surface area contributed by atoms with Gasteiger partial charge in [-0.2, -0.15) is 0 Å². The normalized spacial score (nSPS) is 11.2. The zero-order chi connectivity index (χ0) is 17.1. The summed E-state index contributed by atoms with van der Waals surface area (Å²) in [5.41, 5.74) is 12.0. The van der Waals surface area contributed by atoms with Crippen LogP contribution < -0.4 is 10.6 Å². The van der Waals surface area contributed by atoms with Crippen molar-refractivity contribution >= 4 is 39.2 Å². The number of nitrogens with one attached hydrogen (secondary N) is 1. The Hall–Kier alpha value is -1.53. The Bertz CT molecular complexity index is 836. The van der Waals surface area contributed by atoms with E-state index in [1.165, 1.54) is 37.0 Å². The first-order chi connectivity index (χ1) is 11.6. The summed E-state index contributed by atoms with van der Waals surface area (Å²) in [5.74, 6) is 0. The summed E-state index contributed by atoms with van der Waals surface area (Å²) in [6, 6.07) is 15.3. The molecule has 0 amide bonds. The zero-order valence-corrected chi connectivity index (χ0v) is 16.4. The number of nitrogens with two attached hydrogens (primary N) is 1. The second kappa shape index (κ2) is 7.57. The molecule has 0 unspecified atom stereocenters. The minimum absolute atomic E-state index is 0.755. The molecule has 0 saturated heterocycles. The van der Waals surface area contributed by atoms with Crippen LogP contribution in [0, 0.1) is 3.57 Å². The summed E-state index contributed by atoms with van der Waals surface area (Å²) in [7, 11) is 4.16. The molecule has 2 aromatic carbocycles. The van der Waals surface area contributed by atoms with Crippen molar-refractivity contribution in [3.8, 4) is 11.3 Å². The minimum atomic E-state index is 0.755. The molecular weight excluding hydrogens is 409 g/mol. The lowest BCUT2D eigenvalue weighted by molar-refractivity contribution is 0.748. The zero-order valence-electron chi connectivity index (χ0n) is 14.3. The number of aromatic nitrogens is 1. The molecule has 3 aromatic rings. The van der Waals surface area contributed by atoms with Crippen LogP contribution in [0.4, 0.5) is 5.69 Å². The molecule has 126 valence electrons. The van der Waals surface area contributed by atoms with Crippen molar-refractivity contribution in [2.45, 2.75) is 19.3 Å². The van der Waals surface area contributed by atoms with Crippen molar-refractivity contribution in [3.63, 3.8) is 0 Å². The third-order valence-electron chi connectivity index (χ3n) is 4.40. The first-order valence-electron chi connectivity index (χ1n) is 8.38. The highest BCUT2D eigenvalue weighted by Gasteiger charge is 2.14. The Morgan fingerprint density at radius 2 is 1.92 bits per heavy atom. The molecule has 24 heavy (non-hydrogen) atoms. The summed E-state index contributed by atoms with van der Waals surface area (Å²) in [6.45, 7) is 0.755. The molecule has 0 aliphatic rings. The molecule has 0 spiro atoms. The summed E-state index contributed by atoms with van der Waals surface area (Å²) in [6.07, 6.45) is 3.24. The predicted octanol–water partition coefficient (Wildman–Crippen LogP) is 4.79. The molecule has 3 nitrogen and oxygen atoms in total.